The number of ether oxygens (including phenoxy) is 1. The van der Waals surface area contributed by atoms with Gasteiger partial charge in [0.15, 0.2) is 5.75 Å². The number of pyridine rings is 1. The second-order valence-corrected chi connectivity index (χ2v) is 5.16. The van der Waals surface area contributed by atoms with Crippen LogP contribution < -0.4 is 4.74 Å². The average molecular weight is 312 g/mol. The molecule has 0 spiro atoms. The molecule has 0 amide bonds. The quantitative estimate of drug-likeness (QED) is 0.535. The minimum Gasteiger partial charge on any atom is -0.482 e. The van der Waals surface area contributed by atoms with Gasteiger partial charge in [0.1, 0.15) is 12.4 Å². The number of nitro benzene ring substituents is 1. The number of hydrogen-bond acceptors (Lipinski definition) is 4. The van der Waals surface area contributed by atoms with E-state index in [1.165, 1.54) is 18.2 Å². The third kappa shape index (κ3) is 3.11. The maximum Gasteiger partial charge on any atom is 0.310 e. The van der Waals surface area contributed by atoms with Crippen molar-refractivity contribution in [1.29, 1.82) is 0 Å². The number of halogens is 1. The van der Waals surface area contributed by atoms with Crippen LogP contribution >= 0.6 is 0 Å². The molecule has 0 saturated carbocycles. The second-order valence-electron chi connectivity index (χ2n) is 5.16. The Bertz CT molecular complexity index is 896. The van der Waals surface area contributed by atoms with Gasteiger partial charge in [-0.15, -0.1) is 0 Å². The molecular weight excluding hydrogens is 299 g/mol. The highest BCUT2D eigenvalue weighted by Crippen LogP contribution is 2.29. The Morgan fingerprint density at radius 1 is 1.26 bits per heavy atom. The number of rotatable bonds is 4. The van der Waals surface area contributed by atoms with Crippen molar-refractivity contribution in [2.24, 2.45) is 0 Å². The third-order valence-corrected chi connectivity index (χ3v) is 3.44. The normalized spacial score (nSPS) is 10.7. The lowest BCUT2D eigenvalue weighted by molar-refractivity contribution is -0.386. The molecule has 23 heavy (non-hydrogen) atoms. The van der Waals surface area contributed by atoms with Gasteiger partial charge in [0, 0.05) is 23.2 Å². The van der Waals surface area contributed by atoms with E-state index in [4.69, 9.17) is 4.74 Å². The standard InChI is InChI=1S/C17H13FN2O3/c1-11-4-5-15(20(21)22)16(7-11)23-10-13-9-14(18)8-12-3-2-6-19-17(12)13/h2-9H,10H2,1H3. The fourth-order valence-corrected chi connectivity index (χ4v) is 2.38. The van der Waals surface area contributed by atoms with Crippen LogP contribution in [-0.4, -0.2) is 9.91 Å². The summed E-state index contributed by atoms with van der Waals surface area (Å²) in [5.41, 5.74) is 1.87. The van der Waals surface area contributed by atoms with Crippen molar-refractivity contribution in [3.8, 4) is 5.75 Å². The minimum atomic E-state index is -0.503. The van der Waals surface area contributed by atoms with Gasteiger partial charge in [0.05, 0.1) is 10.4 Å². The first-order chi connectivity index (χ1) is 11.0. The van der Waals surface area contributed by atoms with Crippen LogP contribution in [0, 0.1) is 22.9 Å². The van der Waals surface area contributed by atoms with E-state index in [2.05, 4.69) is 4.98 Å². The summed E-state index contributed by atoms with van der Waals surface area (Å²) in [6.45, 7) is 1.81. The predicted octanol–water partition coefficient (Wildman–Crippen LogP) is 4.17. The van der Waals surface area contributed by atoms with E-state index in [-0.39, 0.29) is 18.0 Å². The predicted molar refractivity (Wildman–Crippen MR) is 83.9 cm³/mol. The lowest BCUT2D eigenvalue weighted by Gasteiger charge is -2.10. The lowest BCUT2D eigenvalue weighted by Crippen LogP contribution is -2.01. The molecule has 1 heterocycles. The zero-order valence-electron chi connectivity index (χ0n) is 12.3. The molecule has 116 valence electrons. The Morgan fingerprint density at radius 3 is 2.87 bits per heavy atom. The molecule has 3 aromatic rings. The van der Waals surface area contributed by atoms with Gasteiger partial charge >= 0.3 is 5.69 Å². The van der Waals surface area contributed by atoms with E-state index in [1.807, 2.05) is 6.92 Å². The molecule has 0 unspecified atom stereocenters. The molecule has 0 radical (unpaired) electrons. The van der Waals surface area contributed by atoms with Crippen molar-refractivity contribution in [1.82, 2.24) is 4.98 Å². The summed E-state index contributed by atoms with van der Waals surface area (Å²) in [5.74, 6) is -0.244. The Balaban J connectivity index is 1.95. The van der Waals surface area contributed by atoms with E-state index >= 15 is 0 Å². The molecule has 5 nitrogen and oxygen atoms in total. The summed E-state index contributed by atoms with van der Waals surface area (Å²) in [6.07, 6.45) is 1.61. The van der Waals surface area contributed by atoms with Crippen molar-refractivity contribution in [2.45, 2.75) is 13.5 Å². The van der Waals surface area contributed by atoms with E-state index in [1.54, 1.807) is 30.5 Å². The van der Waals surface area contributed by atoms with Gasteiger partial charge in [-0.2, -0.15) is 0 Å². The molecular formula is C17H13FN2O3. The smallest absolute Gasteiger partial charge is 0.310 e. The van der Waals surface area contributed by atoms with Crippen LogP contribution in [0.5, 0.6) is 5.75 Å². The number of nitrogens with zero attached hydrogens (tertiary/aromatic N) is 2. The van der Waals surface area contributed by atoms with Gasteiger partial charge in [0.2, 0.25) is 0 Å². The van der Waals surface area contributed by atoms with Crippen LogP contribution in [0.1, 0.15) is 11.1 Å². The van der Waals surface area contributed by atoms with Crippen molar-refractivity contribution < 1.29 is 14.1 Å². The molecule has 0 aliphatic heterocycles. The SMILES string of the molecule is Cc1ccc([N+](=O)[O-])c(OCc2cc(F)cc3cccnc23)c1. The molecule has 0 N–H and O–H groups in total. The fourth-order valence-electron chi connectivity index (χ4n) is 2.38. The highest BCUT2D eigenvalue weighted by molar-refractivity contribution is 5.81. The van der Waals surface area contributed by atoms with Crippen LogP contribution in [0.15, 0.2) is 48.7 Å². The average Bonchev–Trinajstić information content (AvgIpc) is 2.52. The van der Waals surface area contributed by atoms with E-state index < -0.39 is 10.7 Å². The first-order valence-corrected chi connectivity index (χ1v) is 6.95. The first-order valence-electron chi connectivity index (χ1n) is 6.95. The molecule has 0 bridgehead atoms. The van der Waals surface area contributed by atoms with Gasteiger partial charge in [-0.05, 0) is 36.8 Å². The Kier molecular flexibility index (Phi) is 3.89. The van der Waals surface area contributed by atoms with Gasteiger partial charge in [-0.25, -0.2) is 4.39 Å². The molecule has 0 aliphatic rings. The maximum absolute atomic E-state index is 13.7. The van der Waals surface area contributed by atoms with E-state index in [9.17, 15) is 14.5 Å². The summed E-state index contributed by atoms with van der Waals surface area (Å²) in [5, 5.41) is 11.7. The number of nitro groups is 1. The molecule has 3 rings (SSSR count). The molecule has 1 aromatic heterocycles. The van der Waals surface area contributed by atoms with E-state index in [0.29, 0.717) is 16.5 Å². The monoisotopic (exact) mass is 312 g/mol. The summed E-state index contributed by atoms with van der Waals surface area (Å²) in [4.78, 5) is 14.8. The molecule has 0 fully saturated rings. The first kappa shape index (κ1) is 14.9. The van der Waals surface area contributed by atoms with Gasteiger partial charge < -0.3 is 4.74 Å². The number of benzene rings is 2. The highest BCUT2D eigenvalue weighted by Gasteiger charge is 2.16. The van der Waals surface area contributed by atoms with Crippen molar-refractivity contribution >= 4 is 16.6 Å². The Hall–Kier alpha value is -3.02. The second kappa shape index (κ2) is 6.00. The van der Waals surface area contributed by atoms with Crippen molar-refractivity contribution in [2.75, 3.05) is 0 Å². The van der Waals surface area contributed by atoms with Gasteiger partial charge in [0.25, 0.3) is 0 Å². The van der Waals surface area contributed by atoms with Crippen molar-refractivity contribution in [3.63, 3.8) is 0 Å². The van der Waals surface area contributed by atoms with Crippen LogP contribution in [0.4, 0.5) is 10.1 Å². The molecule has 0 saturated heterocycles. The third-order valence-electron chi connectivity index (χ3n) is 3.44. The molecule has 6 heteroatoms. The Morgan fingerprint density at radius 2 is 2.09 bits per heavy atom. The topological polar surface area (TPSA) is 65.3 Å². The number of aromatic nitrogens is 1. The molecule has 0 atom stereocenters. The highest BCUT2D eigenvalue weighted by atomic mass is 19.1. The largest absolute Gasteiger partial charge is 0.482 e. The minimum absolute atomic E-state index is 0.00440. The van der Waals surface area contributed by atoms with Gasteiger partial charge in [-0.1, -0.05) is 12.1 Å². The summed E-state index contributed by atoms with van der Waals surface area (Å²) < 4.78 is 19.3. The lowest BCUT2D eigenvalue weighted by atomic mass is 10.1. The van der Waals surface area contributed by atoms with Gasteiger partial charge in [-0.3, -0.25) is 15.1 Å². The molecule has 2 aromatic carbocycles. The van der Waals surface area contributed by atoms with E-state index in [0.717, 1.165) is 5.56 Å². The summed E-state index contributed by atoms with van der Waals surface area (Å²) in [7, 11) is 0. The Labute approximate surface area is 131 Å². The zero-order valence-corrected chi connectivity index (χ0v) is 12.3. The summed E-state index contributed by atoms with van der Waals surface area (Å²) >= 11 is 0. The van der Waals surface area contributed by atoms with Crippen LogP contribution in [0.25, 0.3) is 10.9 Å². The number of hydrogen-bond donors (Lipinski definition) is 0. The van der Waals surface area contributed by atoms with Crippen LogP contribution in [0.2, 0.25) is 0 Å². The maximum atomic E-state index is 13.7. The number of aryl methyl sites for hydroxylation is 1. The van der Waals surface area contributed by atoms with Crippen LogP contribution in [0.3, 0.4) is 0 Å². The summed E-state index contributed by atoms with van der Waals surface area (Å²) in [6, 6.07) is 10.8. The molecule has 0 aliphatic carbocycles. The number of fused-ring (bicyclic) bond motifs is 1. The fraction of sp³-hybridized carbons (Fsp3) is 0.118. The van der Waals surface area contributed by atoms with Crippen molar-refractivity contribution in [3.05, 3.63) is 75.7 Å². The van der Waals surface area contributed by atoms with Crippen LogP contribution in [-0.2, 0) is 6.61 Å². The zero-order chi connectivity index (χ0) is 16.4.